The summed E-state index contributed by atoms with van der Waals surface area (Å²) in [5.41, 5.74) is 0.772. The molecule has 1 aliphatic rings. The summed E-state index contributed by atoms with van der Waals surface area (Å²) in [5, 5.41) is 4.82. The van der Waals surface area contributed by atoms with Crippen LogP contribution in [-0.4, -0.2) is 42.4 Å². The number of esters is 1. The van der Waals surface area contributed by atoms with Crippen LogP contribution in [0, 0.1) is 5.92 Å². The number of hydrogen-bond donors (Lipinski definition) is 1. The first-order valence-corrected chi connectivity index (χ1v) is 10.0. The molecule has 1 N–H and O–H groups in total. The molecular weight excluding hydrogens is 376 g/mol. The molecule has 7 heteroatoms. The van der Waals surface area contributed by atoms with Crippen molar-refractivity contribution >= 4 is 40.9 Å². The first-order chi connectivity index (χ1) is 13.6. The van der Waals surface area contributed by atoms with Crippen molar-refractivity contribution < 1.29 is 19.1 Å². The predicted octanol–water partition coefficient (Wildman–Crippen LogP) is 3.18. The van der Waals surface area contributed by atoms with Gasteiger partial charge >= 0.3 is 5.97 Å². The predicted molar refractivity (Wildman–Crippen MR) is 109 cm³/mol. The van der Waals surface area contributed by atoms with Crippen LogP contribution in [0.4, 0.5) is 5.69 Å². The van der Waals surface area contributed by atoms with Gasteiger partial charge in [0, 0.05) is 35.6 Å². The molecule has 0 spiro atoms. The van der Waals surface area contributed by atoms with Crippen LogP contribution in [0.15, 0.2) is 53.9 Å². The van der Waals surface area contributed by atoms with E-state index in [0.717, 1.165) is 10.6 Å². The number of carbonyl (C=O) groups is 3. The fourth-order valence-electron chi connectivity index (χ4n) is 2.97. The second kappa shape index (κ2) is 9.85. The number of nitrogens with one attached hydrogen (secondary N) is 1. The van der Waals surface area contributed by atoms with Crippen molar-refractivity contribution in [1.82, 2.24) is 4.90 Å². The summed E-state index contributed by atoms with van der Waals surface area (Å²) in [7, 11) is 0. The highest BCUT2D eigenvalue weighted by molar-refractivity contribution is 7.10. The number of nitrogens with zero attached hydrogens (tertiary/aromatic N) is 1. The number of benzene rings is 1. The third-order valence-electron chi connectivity index (χ3n) is 4.52. The molecular formula is C21H22N2O4S. The number of likely N-dealkylation sites (tertiary alicyclic amines) is 1. The van der Waals surface area contributed by atoms with Gasteiger partial charge in [0.15, 0.2) is 6.61 Å². The number of rotatable bonds is 6. The quantitative estimate of drug-likeness (QED) is 0.599. The third-order valence-corrected chi connectivity index (χ3v) is 5.36. The van der Waals surface area contributed by atoms with Crippen molar-refractivity contribution in [3.05, 3.63) is 58.8 Å². The Hall–Kier alpha value is -2.93. The van der Waals surface area contributed by atoms with Gasteiger partial charge in [-0.25, -0.2) is 4.79 Å². The molecule has 0 saturated carbocycles. The second-order valence-electron chi connectivity index (χ2n) is 6.47. The summed E-state index contributed by atoms with van der Waals surface area (Å²) < 4.78 is 5.02. The van der Waals surface area contributed by atoms with E-state index in [1.807, 2.05) is 47.8 Å². The minimum atomic E-state index is -0.543. The van der Waals surface area contributed by atoms with Crippen LogP contribution >= 0.6 is 11.3 Å². The number of amides is 2. The molecule has 1 fully saturated rings. The number of ether oxygens (including phenoxy) is 1. The number of para-hydroxylation sites is 1. The lowest BCUT2D eigenvalue weighted by molar-refractivity contribution is -0.149. The monoisotopic (exact) mass is 398 g/mol. The summed E-state index contributed by atoms with van der Waals surface area (Å²) in [6, 6.07) is 13.1. The summed E-state index contributed by atoms with van der Waals surface area (Å²) >= 11 is 1.51. The Labute approximate surface area is 167 Å². The number of carbonyl (C=O) groups excluding carboxylic acids is 3. The average Bonchev–Trinajstić information content (AvgIpc) is 3.25. The van der Waals surface area contributed by atoms with Gasteiger partial charge in [0.2, 0.25) is 5.91 Å². The Morgan fingerprint density at radius 1 is 1.11 bits per heavy atom. The smallest absolute Gasteiger partial charge is 0.331 e. The highest BCUT2D eigenvalue weighted by Crippen LogP contribution is 2.19. The normalized spacial score (nSPS) is 14.8. The van der Waals surface area contributed by atoms with E-state index >= 15 is 0 Å². The zero-order chi connectivity index (χ0) is 19.8. The van der Waals surface area contributed by atoms with Gasteiger partial charge in [-0.05, 0) is 42.5 Å². The van der Waals surface area contributed by atoms with Crippen LogP contribution in [0.2, 0.25) is 0 Å². The molecule has 1 saturated heterocycles. The van der Waals surface area contributed by atoms with Crippen molar-refractivity contribution in [1.29, 1.82) is 0 Å². The largest absolute Gasteiger partial charge is 0.452 e. The Bertz CT molecular complexity index is 825. The van der Waals surface area contributed by atoms with Gasteiger partial charge in [-0.3, -0.25) is 9.59 Å². The maximum Gasteiger partial charge on any atom is 0.331 e. The summed E-state index contributed by atoms with van der Waals surface area (Å²) in [6.45, 7) is 0.678. The minimum absolute atomic E-state index is 0.0246. The van der Waals surface area contributed by atoms with Crippen molar-refractivity contribution in [3.8, 4) is 0 Å². The van der Waals surface area contributed by atoms with Gasteiger partial charge < -0.3 is 15.0 Å². The molecule has 1 aromatic carbocycles. The number of thiophene rings is 1. The van der Waals surface area contributed by atoms with E-state index in [0.29, 0.717) is 25.9 Å². The fraction of sp³-hybridized carbons (Fsp3) is 0.286. The zero-order valence-electron chi connectivity index (χ0n) is 15.4. The van der Waals surface area contributed by atoms with E-state index < -0.39 is 5.97 Å². The summed E-state index contributed by atoms with van der Waals surface area (Å²) in [6.07, 6.45) is 4.17. The Morgan fingerprint density at radius 3 is 2.54 bits per heavy atom. The molecule has 146 valence electrons. The van der Waals surface area contributed by atoms with Gasteiger partial charge in [-0.1, -0.05) is 24.3 Å². The van der Waals surface area contributed by atoms with Crippen molar-refractivity contribution in [3.63, 3.8) is 0 Å². The maximum atomic E-state index is 12.3. The van der Waals surface area contributed by atoms with E-state index in [4.69, 9.17) is 4.74 Å². The fourth-order valence-corrected chi connectivity index (χ4v) is 3.58. The molecule has 0 bridgehead atoms. The molecule has 28 heavy (non-hydrogen) atoms. The van der Waals surface area contributed by atoms with Gasteiger partial charge in [0.25, 0.3) is 5.91 Å². The number of piperidine rings is 1. The molecule has 2 amide bonds. The molecule has 3 rings (SSSR count). The highest BCUT2D eigenvalue weighted by Gasteiger charge is 2.27. The van der Waals surface area contributed by atoms with Crippen molar-refractivity contribution in [2.45, 2.75) is 12.8 Å². The van der Waals surface area contributed by atoms with Gasteiger partial charge in [-0.2, -0.15) is 0 Å². The lowest BCUT2D eigenvalue weighted by Crippen LogP contribution is -2.43. The van der Waals surface area contributed by atoms with Crippen molar-refractivity contribution in [2.75, 3.05) is 25.0 Å². The Kier molecular flexibility index (Phi) is 6.97. The molecule has 2 aromatic rings. The lowest BCUT2D eigenvalue weighted by atomic mass is 9.95. The van der Waals surface area contributed by atoms with E-state index in [2.05, 4.69) is 5.32 Å². The van der Waals surface area contributed by atoms with E-state index in [1.54, 1.807) is 11.0 Å². The SMILES string of the molecule is O=C(/C=C/c1cccs1)OCC(=O)N1CCC(C(=O)Nc2ccccc2)CC1. The highest BCUT2D eigenvalue weighted by atomic mass is 32.1. The number of hydrogen-bond acceptors (Lipinski definition) is 5. The average molecular weight is 398 g/mol. The molecule has 0 atom stereocenters. The maximum absolute atomic E-state index is 12.3. The topological polar surface area (TPSA) is 75.7 Å². The zero-order valence-corrected chi connectivity index (χ0v) is 16.2. The van der Waals surface area contributed by atoms with Crippen LogP contribution in [0.25, 0.3) is 6.08 Å². The van der Waals surface area contributed by atoms with E-state index in [9.17, 15) is 14.4 Å². The minimum Gasteiger partial charge on any atom is -0.452 e. The first-order valence-electron chi connectivity index (χ1n) is 9.14. The van der Waals surface area contributed by atoms with Crippen LogP contribution in [0.5, 0.6) is 0 Å². The molecule has 0 aliphatic carbocycles. The van der Waals surface area contributed by atoms with Crippen LogP contribution in [0.1, 0.15) is 17.7 Å². The molecule has 1 aromatic heterocycles. The first kappa shape index (κ1) is 19.8. The van der Waals surface area contributed by atoms with E-state index in [1.165, 1.54) is 17.4 Å². The Balaban J connectivity index is 1.38. The second-order valence-corrected chi connectivity index (χ2v) is 7.45. The van der Waals surface area contributed by atoms with Crippen molar-refractivity contribution in [2.24, 2.45) is 5.92 Å². The standard InChI is InChI=1S/C21H22N2O4S/c24-19(15-27-20(25)9-8-18-7-4-14-28-18)23-12-10-16(11-13-23)21(26)22-17-5-2-1-3-6-17/h1-9,14,16H,10-13,15H2,(H,22,26)/b9-8+. The molecule has 0 unspecified atom stereocenters. The van der Waals surface area contributed by atoms with Crippen LogP contribution in [0.3, 0.4) is 0 Å². The summed E-state index contributed by atoms with van der Waals surface area (Å²) in [5.74, 6) is -0.928. The van der Waals surface area contributed by atoms with Gasteiger partial charge in [0.05, 0.1) is 0 Å². The van der Waals surface area contributed by atoms with Gasteiger partial charge in [-0.15, -0.1) is 11.3 Å². The number of anilines is 1. The van der Waals surface area contributed by atoms with Crippen LogP contribution < -0.4 is 5.32 Å². The molecule has 6 nitrogen and oxygen atoms in total. The molecule has 0 radical (unpaired) electrons. The third kappa shape index (κ3) is 5.79. The summed E-state index contributed by atoms with van der Waals surface area (Å²) in [4.78, 5) is 38.9. The van der Waals surface area contributed by atoms with Gasteiger partial charge in [0.1, 0.15) is 0 Å². The Morgan fingerprint density at radius 2 is 1.86 bits per heavy atom. The molecule has 2 heterocycles. The molecule has 1 aliphatic heterocycles. The van der Waals surface area contributed by atoms with Crippen LogP contribution in [-0.2, 0) is 19.1 Å². The lowest BCUT2D eigenvalue weighted by Gasteiger charge is -2.31. The van der Waals surface area contributed by atoms with E-state index in [-0.39, 0.29) is 24.3 Å².